The van der Waals surface area contributed by atoms with Crippen LogP contribution in [0.4, 0.5) is 8.78 Å². The number of methoxy groups -OCH3 is 1. The van der Waals surface area contributed by atoms with Gasteiger partial charge in [-0.3, -0.25) is 0 Å². The minimum atomic E-state index is -0.950. The standard InChI is InChI=1S/C44H34F2O2/c1-47-33-20-18-31(19-21-33)44(30-16-14-29(15-17-30)28-10-4-2-5-11-28)25-22-36-41-39(34-12-6-7-13-35(34)42(36)48-44)37-26-32(45)27-38(46)40(37)43(41)23-8-3-9-24-43/h2,4-7,10-22,25-27H,3,8-9,23-24H2,1H3. The van der Waals surface area contributed by atoms with Gasteiger partial charge in [0, 0.05) is 39.1 Å². The molecule has 1 heterocycles. The maximum atomic E-state index is 16.1. The number of hydrogen-bond acceptors (Lipinski definition) is 2. The van der Waals surface area contributed by atoms with Crippen LogP contribution in [-0.4, -0.2) is 7.11 Å². The Morgan fingerprint density at radius 3 is 2.02 bits per heavy atom. The van der Waals surface area contributed by atoms with Crippen LogP contribution < -0.4 is 9.47 Å². The zero-order valence-corrected chi connectivity index (χ0v) is 26.7. The lowest BCUT2D eigenvalue weighted by molar-refractivity contribution is 0.163. The average Bonchev–Trinajstić information content (AvgIpc) is 3.41. The van der Waals surface area contributed by atoms with Crippen LogP contribution in [0.5, 0.6) is 11.5 Å². The molecule has 1 aliphatic heterocycles. The van der Waals surface area contributed by atoms with Crippen molar-refractivity contribution < 1.29 is 18.3 Å². The van der Waals surface area contributed by atoms with Crippen LogP contribution in [0.2, 0.25) is 0 Å². The van der Waals surface area contributed by atoms with Crippen LogP contribution in [0.3, 0.4) is 0 Å². The van der Waals surface area contributed by atoms with E-state index in [1.807, 2.05) is 42.5 Å². The number of halogens is 2. The molecule has 4 heteroatoms. The highest BCUT2D eigenvalue weighted by Gasteiger charge is 2.50. The van der Waals surface area contributed by atoms with Crippen molar-refractivity contribution in [1.82, 2.24) is 0 Å². The van der Waals surface area contributed by atoms with Crippen LogP contribution in [0, 0.1) is 11.6 Å². The monoisotopic (exact) mass is 632 g/mol. The lowest BCUT2D eigenvalue weighted by Gasteiger charge is -2.41. The first-order valence-electron chi connectivity index (χ1n) is 16.8. The smallest absolute Gasteiger partial charge is 0.178 e. The molecule has 1 fully saturated rings. The van der Waals surface area contributed by atoms with E-state index >= 15 is 4.39 Å². The van der Waals surface area contributed by atoms with Crippen molar-refractivity contribution in [3.05, 3.63) is 161 Å². The van der Waals surface area contributed by atoms with Gasteiger partial charge in [-0.2, -0.15) is 0 Å². The molecule has 0 aromatic heterocycles. The van der Waals surface area contributed by atoms with Gasteiger partial charge in [-0.05, 0) is 70.3 Å². The van der Waals surface area contributed by atoms with Crippen LogP contribution in [0.1, 0.15) is 59.9 Å². The van der Waals surface area contributed by atoms with E-state index in [-0.39, 0.29) is 0 Å². The highest BCUT2D eigenvalue weighted by molar-refractivity contribution is 6.08. The fourth-order valence-electron chi connectivity index (χ4n) is 8.76. The summed E-state index contributed by atoms with van der Waals surface area (Å²) in [5.74, 6) is 0.542. The molecule has 2 nitrogen and oxygen atoms in total. The molecule has 48 heavy (non-hydrogen) atoms. The number of ether oxygens (including phenoxy) is 2. The van der Waals surface area contributed by atoms with Gasteiger partial charge in [-0.1, -0.05) is 116 Å². The molecule has 2 aliphatic carbocycles. The van der Waals surface area contributed by atoms with Crippen molar-refractivity contribution in [2.75, 3.05) is 7.11 Å². The number of benzene rings is 6. The normalized spacial score (nSPS) is 18.6. The predicted molar refractivity (Wildman–Crippen MR) is 188 cm³/mol. The van der Waals surface area contributed by atoms with E-state index in [9.17, 15) is 4.39 Å². The van der Waals surface area contributed by atoms with Crippen LogP contribution >= 0.6 is 0 Å². The Bertz CT molecular complexity index is 2230. The van der Waals surface area contributed by atoms with Crippen LogP contribution in [0.15, 0.2) is 121 Å². The molecule has 1 saturated carbocycles. The second-order valence-electron chi connectivity index (χ2n) is 13.3. The van der Waals surface area contributed by atoms with Crippen LogP contribution in [0.25, 0.3) is 39.1 Å². The van der Waals surface area contributed by atoms with Gasteiger partial charge in [-0.15, -0.1) is 0 Å². The second-order valence-corrected chi connectivity index (χ2v) is 13.3. The molecule has 1 unspecified atom stereocenters. The van der Waals surface area contributed by atoms with Crippen molar-refractivity contribution in [3.63, 3.8) is 0 Å². The summed E-state index contributed by atoms with van der Waals surface area (Å²) in [6.45, 7) is 0. The zero-order chi connectivity index (χ0) is 32.5. The van der Waals surface area contributed by atoms with Gasteiger partial charge in [0.25, 0.3) is 0 Å². The minimum absolute atomic E-state index is 0.451. The molecule has 6 aromatic rings. The summed E-state index contributed by atoms with van der Waals surface area (Å²) in [4.78, 5) is 0. The van der Waals surface area contributed by atoms with Crippen molar-refractivity contribution in [3.8, 4) is 33.8 Å². The molecule has 0 radical (unpaired) electrons. The molecular formula is C44H34F2O2. The third kappa shape index (κ3) is 4.14. The molecule has 9 rings (SSSR count). The van der Waals surface area contributed by atoms with Gasteiger partial charge >= 0.3 is 0 Å². The Morgan fingerprint density at radius 2 is 1.31 bits per heavy atom. The molecule has 0 saturated heterocycles. The van der Waals surface area contributed by atoms with Gasteiger partial charge in [0.15, 0.2) is 5.60 Å². The third-order valence-electron chi connectivity index (χ3n) is 10.9. The van der Waals surface area contributed by atoms with E-state index in [2.05, 4.69) is 72.8 Å². The van der Waals surface area contributed by atoms with Crippen molar-refractivity contribution in [1.29, 1.82) is 0 Å². The maximum Gasteiger partial charge on any atom is 0.178 e. The Balaban J connectivity index is 1.31. The van der Waals surface area contributed by atoms with Crippen LogP contribution in [-0.2, 0) is 11.0 Å². The number of hydrogen-bond donors (Lipinski definition) is 0. The van der Waals surface area contributed by atoms with E-state index in [1.165, 1.54) is 0 Å². The summed E-state index contributed by atoms with van der Waals surface area (Å²) in [6, 6.07) is 37.8. The molecule has 236 valence electrons. The summed E-state index contributed by atoms with van der Waals surface area (Å²) in [7, 11) is 1.67. The lowest BCUT2D eigenvalue weighted by atomic mass is 9.66. The summed E-state index contributed by atoms with van der Waals surface area (Å²) >= 11 is 0. The van der Waals surface area contributed by atoms with E-state index in [4.69, 9.17) is 9.47 Å². The molecule has 1 atom stereocenters. The van der Waals surface area contributed by atoms with E-state index in [0.29, 0.717) is 11.1 Å². The Kier molecular flexibility index (Phi) is 6.59. The summed E-state index contributed by atoms with van der Waals surface area (Å²) < 4.78 is 44.0. The van der Waals surface area contributed by atoms with Gasteiger partial charge < -0.3 is 9.47 Å². The highest BCUT2D eigenvalue weighted by atomic mass is 19.1. The summed E-state index contributed by atoms with van der Waals surface area (Å²) in [5.41, 5.74) is 7.05. The molecule has 1 spiro atoms. The van der Waals surface area contributed by atoms with E-state index in [0.717, 1.165) is 99.4 Å². The van der Waals surface area contributed by atoms with Gasteiger partial charge in [0.05, 0.1) is 7.11 Å². The SMILES string of the molecule is COc1ccc(C2(c3ccc(-c4ccccc4)cc3)C=Cc3c4c(c5ccccc5c3O2)-c2cc(F)cc(F)c2C42CCCCC2)cc1. The third-order valence-corrected chi connectivity index (χ3v) is 10.9. The molecule has 0 amide bonds. The largest absolute Gasteiger partial charge is 0.497 e. The molecule has 6 aromatic carbocycles. The highest BCUT2D eigenvalue weighted by Crippen LogP contribution is 2.62. The predicted octanol–water partition coefficient (Wildman–Crippen LogP) is 11.4. The Hall–Kier alpha value is -5.22. The first-order chi connectivity index (χ1) is 23.5. The second kappa shape index (κ2) is 10.9. The molecule has 0 bridgehead atoms. The minimum Gasteiger partial charge on any atom is -0.497 e. The van der Waals surface area contributed by atoms with Gasteiger partial charge in [0.2, 0.25) is 0 Å². The molecule has 0 N–H and O–H groups in total. The topological polar surface area (TPSA) is 18.5 Å². The average molecular weight is 633 g/mol. The molecular weight excluding hydrogens is 598 g/mol. The van der Waals surface area contributed by atoms with Gasteiger partial charge in [-0.25, -0.2) is 8.78 Å². The quantitative estimate of drug-likeness (QED) is 0.193. The van der Waals surface area contributed by atoms with Gasteiger partial charge in [0.1, 0.15) is 23.1 Å². The first-order valence-corrected chi connectivity index (χ1v) is 16.8. The maximum absolute atomic E-state index is 16.1. The first kappa shape index (κ1) is 29.0. The Labute approximate surface area is 279 Å². The van der Waals surface area contributed by atoms with Crippen molar-refractivity contribution in [2.24, 2.45) is 0 Å². The van der Waals surface area contributed by atoms with Crippen molar-refractivity contribution >= 4 is 16.8 Å². The van der Waals surface area contributed by atoms with E-state index < -0.39 is 22.7 Å². The number of rotatable bonds is 4. The lowest BCUT2D eigenvalue weighted by Crippen LogP contribution is -2.36. The Morgan fingerprint density at radius 1 is 0.667 bits per heavy atom. The molecule has 3 aliphatic rings. The summed E-state index contributed by atoms with van der Waals surface area (Å²) in [6.07, 6.45) is 9.07. The fraction of sp³-hybridized carbons (Fsp3) is 0.182. The van der Waals surface area contributed by atoms with E-state index in [1.54, 1.807) is 13.2 Å². The van der Waals surface area contributed by atoms with Crippen molar-refractivity contribution in [2.45, 2.75) is 43.1 Å². The summed E-state index contributed by atoms with van der Waals surface area (Å²) in [5, 5.41) is 1.89. The fourth-order valence-corrected chi connectivity index (χ4v) is 8.76. The number of fused-ring (bicyclic) bond motifs is 10. The zero-order valence-electron chi connectivity index (χ0n) is 26.7.